The molecule has 2 unspecified atom stereocenters. The molecule has 0 aliphatic carbocycles. The van der Waals surface area contributed by atoms with Gasteiger partial charge < -0.3 is 14.5 Å². The summed E-state index contributed by atoms with van der Waals surface area (Å²) in [6.07, 6.45) is -0.0501. The van der Waals surface area contributed by atoms with Gasteiger partial charge in [-0.1, -0.05) is 23.8 Å². The highest BCUT2D eigenvalue weighted by Gasteiger charge is 2.44. The topological polar surface area (TPSA) is 53.1 Å². The zero-order chi connectivity index (χ0) is 23.2. The maximum Gasteiger partial charge on any atom is 0.282 e. The summed E-state index contributed by atoms with van der Waals surface area (Å²) in [5, 5.41) is 0. The van der Waals surface area contributed by atoms with Gasteiger partial charge >= 0.3 is 0 Å². The molecule has 2 heterocycles. The number of ether oxygens (including phenoxy) is 1. The summed E-state index contributed by atoms with van der Waals surface area (Å²) in [5.41, 5.74) is 5.45. The normalized spacial score (nSPS) is 21.6. The number of aryl methyl sites for hydroxylation is 2. The molecule has 2 aromatic rings. The number of hydrogen-bond acceptors (Lipinski definition) is 5. The molecule has 1 saturated heterocycles. The van der Waals surface area contributed by atoms with Gasteiger partial charge in [-0.15, -0.1) is 0 Å². The van der Waals surface area contributed by atoms with Crippen LogP contribution in [0.25, 0.3) is 5.57 Å². The Morgan fingerprint density at radius 3 is 2.09 bits per heavy atom. The highest BCUT2D eigenvalue weighted by atomic mass is 16.5. The molecular formula is C26H31N3O3. The molecule has 2 atom stereocenters. The summed E-state index contributed by atoms with van der Waals surface area (Å²) in [6.45, 7) is 9.15. The minimum absolute atomic E-state index is 0.0251. The quantitative estimate of drug-likeness (QED) is 0.687. The van der Waals surface area contributed by atoms with E-state index in [1.165, 1.54) is 4.90 Å². The van der Waals surface area contributed by atoms with E-state index in [4.69, 9.17) is 4.74 Å². The van der Waals surface area contributed by atoms with Crippen LogP contribution in [0.2, 0.25) is 0 Å². The van der Waals surface area contributed by atoms with Crippen LogP contribution in [0.5, 0.6) is 0 Å². The Morgan fingerprint density at radius 1 is 0.906 bits per heavy atom. The van der Waals surface area contributed by atoms with E-state index in [1.807, 2.05) is 88.0 Å². The third-order valence-corrected chi connectivity index (χ3v) is 6.07. The predicted octanol–water partition coefficient (Wildman–Crippen LogP) is 3.76. The molecule has 4 rings (SSSR count). The molecule has 32 heavy (non-hydrogen) atoms. The van der Waals surface area contributed by atoms with E-state index in [0.717, 1.165) is 22.4 Å². The van der Waals surface area contributed by atoms with Crippen LogP contribution in [0.4, 0.5) is 11.4 Å². The lowest BCUT2D eigenvalue weighted by molar-refractivity contribution is -0.121. The Morgan fingerprint density at radius 2 is 1.53 bits per heavy atom. The number of rotatable bonds is 4. The lowest BCUT2D eigenvalue weighted by Crippen LogP contribution is -2.47. The number of anilines is 2. The minimum Gasteiger partial charge on any atom is -0.378 e. The Kier molecular flexibility index (Phi) is 5.82. The molecule has 0 spiro atoms. The molecule has 6 nitrogen and oxygen atoms in total. The first-order valence-electron chi connectivity index (χ1n) is 11.1. The second-order valence-electron chi connectivity index (χ2n) is 9.06. The van der Waals surface area contributed by atoms with Gasteiger partial charge in [0.15, 0.2) is 0 Å². The van der Waals surface area contributed by atoms with Crippen molar-refractivity contribution in [3.8, 4) is 0 Å². The largest absolute Gasteiger partial charge is 0.378 e. The summed E-state index contributed by atoms with van der Waals surface area (Å²) in [7, 11) is 3.92. The maximum absolute atomic E-state index is 13.8. The van der Waals surface area contributed by atoms with Crippen molar-refractivity contribution in [2.24, 2.45) is 0 Å². The Labute approximate surface area is 190 Å². The number of carbonyl (C=O) groups excluding carboxylic acids is 2. The van der Waals surface area contributed by atoms with E-state index in [1.54, 1.807) is 0 Å². The molecule has 0 bridgehead atoms. The van der Waals surface area contributed by atoms with Crippen LogP contribution in [-0.4, -0.2) is 56.1 Å². The Balaban J connectivity index is 1.83. The van der Waals surface area contributed by atoms with Crippen LogP contribution in [-0.2, 0) is 14.3 Å². The first-order valence-corrected chi connectivity index (χ1v) is 11.1. The molecule has 2 aliphatic rings. The fourth-order valence-electron chi connectivity index (χ4n) is 4.64. The van der Waals surface area contributed by atoms with Gasteiger partial charge in [0.2, 0.25) is 0 Å². The number of amides is 2. The van der Waals surface area contributed by atoms with Crippen molar-refractivity contribution in [2.75, 3.05) is 37.0 Å². The molecule has 0 N–H and O–H groups in total. The van der Waals surface area contributed by atoms with Crippen molar-refractivity contribution in [3.63, 3.8) is 0 Å². The first-order chi connectivity index (χ1) is 15.2. The second kappa shape index (κ2) is 8.43. The van der Waals surface area contributed by atoms with E-state index in [2.05, 4.69) is 6.07 Å². The molecule has 2 aliphatic heterocycles. The van der Waals surface area contributed by atoms with Gasteiger partial charge in [0.05, 0.1) is 23.5 Å². The summed E-state index contributed by atoms with van der Waals surface area (Å²) >= 11 is 0. The summed E-state index contributed by atoms with van der Waals surface area (Å²) in [6, 6.07) is 13.5. The molecule has 168 valence electrons. The maximum atomic E-state index is 13.8. The molecule has 0 aromatic heterocycles. The van der Waals surface area contributed by atoms with Gasteiger partial charge in [0.25, 0.3) is 11.8 Å². The third kappa shape index (κ3) is 3.91. The van der Waals surface area contributed by atoms with Crippen molar-refractivity contribution >= 4 is 28.8 Å². The molecular weight excluding hydrogens is 402 g/mol. The van der Waals surface area contributed by atoms with Crippen LogP contribution >= 0.6 is 0 Å². The molecule has 0 saturated carbocycles. The third-order valence-electron chi connectivity index (χ3n) is 6.07. The van der Waals surface area contributed by atoms with Gasteiger partial charge in [-0.05, 0) is 63.1 Å². The molecule has 6 heteroatoms. The zero-order valence-electron chi connectivity index (χ0n) is 19.7. The zero-order valence-corrected chi connectivity index (χ0v) is 19.7. The lowest BCUT2D eigenvalue weighted by Gasteiger charge is -2.37. The molecule has 2 aromatic carbocycles. The van der Waals surface area contributed by atoms with Crippen LogP contribution in [0.3, 0.4) is 0 Å². The van der Waals surface area contributed by atoms with Crippen LogP contribution in [0, 0.1) is 13.8 Å². The number of nitrogens with zero attached hydrogens (tertiary/aromatic N) is 3. The van der Waals surface area contributed by atoms with Crippen LogP contribution in [0.1, 0.15) is 30.5 Å². The summed E-state index contributed by atoms with van der Waals surface area (Å²) < 4.78 is 5.89. The minimum atomic E-state index is -0.277. The van der Waals surface area contributed by atoms with E-state index >= 15 is 0 Å². The average molecular weight is 434 g/mol. The van der Waals surface area contributed by atoms with E-state index in [9.17, 15) is 9.59 Å². The van der Waals surface area contributed by atoms with Gasteiger partial charge in [-0.3, -0.25) is 9.59 Å². The SMILES string of the molecule is Cc1ccc(C2=C(N3CC(C)OC(C)C3)C(=O)N(c3ccc(N(C)C)cc3)C2=O)c(C)c1. The lowest BCUT2D eigenvalue weighted by atomic mass is 9.97. The number of morpholine rings is 1. The van der Waals surface area contributed by atoms with E-state index in [-0.39, 0.29) is 24.0 Å². The second-order valence-corrected chi connectivity index (χ2v) is 9.06. The van der Waals surface area contributed by atoms with Crippen molar-refractivity contribution in [1.82, 2.24) is 4.90 Å². The number of hydrogen-bond donors (Lipinski definition) is 0. The first kappa shape index (κ1) is 22.1. The number of imide groups is 1. The van der Waals surface area contributed by atoms with Gasteiger partial charge in [0, 0.05) is 32.9 Å². The Hall–Kier alpha value is -3.12. The van der Waals surface area contributed by atoms with Gasteiger partial charge in [-0.25, -0.2) is 4.90 Å². The highest BCUT2D eigenvalue weighted by Crippen LogP contribution is 2.37. The smallest absolute Gasteiger partial charge is 0.282 e. The van der Waals surface area contributed by atoms with E-state index < -0.39 is 0 Å². The van der Waals surface area contributed by atoms with Crippen molar-refractivity contribution in [2.45, 2.75) is 39.9 Å². The Bertz CT molecular complexity index is 1080. The van der Waals surface area contributed by atoms with Crippen molar-refractivity contribution in [1.29, 1.82) is 0 Å². The molecule has 2 amide bonds. The fourth-order valence-corrected chi connectivity index (χ4v) is 4.64. The number of benzene rings is 2. The highest BCUT2D eigenvalue weighted by molar-refractivity contribution is 6.45. The fraction of sp³-hybridized carbons (Fsp3) is 0.385. The standard InChI is InChI=1S/C26H31N3O3/c1-16-7-12-22(17(2)13-16)23-24(28-14-18(3)32-19(4)15-28)26(31)29(25(23)30)21-10-8-20(9-11-21)27(5)6/h7-13,18-19H,14-15H2,1-6H3. The van der Waals surface area contributed by atoms with Crippen LogP contribution in [0.15, 0.2) is 48.2 Å². The molecule has 0 radical (unpaired) electrons. The van der Waals surface area contributed by atoms with E-state index in [0.29, 0.717) is 30.0 Å². The summed E-state index contributed by atoms with van der Waals surface area (Å²) in [4.78, 5) is 32.9. The van der Waals surface area contributed by atoms with Gasteiger partial charge in [-0.2, -0.15) is 0 Å². The van der Waals surface area contributed by atoms with Crippen molar-refractivity contribution < 1.29 is 14.3 Å². The predicted molar refractivity (Wildman–Crippen MR) is 128 cm³/mol. The summed E-state index contributed by atoms with van der Waals surface area (Å²) in [5.74, 6) is -0.551. The van der Waals surface area contributed by atoms with Crippen molar-refractivity contribution in [3.05, 3.63) is 64.9 Å². The number of carbonyl (C=O) groups is 2. The molecule has 1 fully saturated rings. The van der Waals surface area contributed by atoms with Gasteiger partial charge in [0.1, 0.15) is 5.70 Å². The average Bonchev–Trinajstić information content (AvgIpc) is 2.97. The van der Waals surface area contributed by atoms with Crippen LogP contribution < -0.4 is 9.80 Å². The monoisotopic (exact) mass is 433 g/mol.